The first-order valence-corrected chi connectivity index (χ1v) is 5.85. The molecule has 0 saturated carbocycles. The van der Waals surface area contributed by atoms with Crippen molar-refractivity contribution in [1.82, 2.24) is 10.2 Å². The van der Waals surface area contributed by atoms with Crippen molar-refractivity contribution in [3.8, 4) is 17.2 Å². The maximum absolute atomic E-state index is 9.95. The number of H-pyrrole nitrogens is 1. The zero-order chi connectivity index (χ0) is 13.7. The predicted octanol–water partition coefficient (Wildman–Crippen LogP) is 2.39. The fourth-order valence-corrected chi connectivity index (χ4v) is 1.79. The van der Waals surface area contributed by atoms with Crippen molar-refractivity contribution in [2.24, 2.45) is 0 Å². The Morgan fingerprint density at radius 1 is 1.26 bits per heavy atom. The molecule has 0 amide bonds. The highest BCUT2D eigenvalue weighted by Gasteiger charge is 2.11. The van der Waals surface area contributed by atoms with E-state index in [1.165, 1.54) is 14.2 Å². The fourth-order valence-electron chi connectivity index (χ4n) is 1.79. The number of hydrogen-bond acceptors (Lipinski definition) is 4. The summed E-state index contributed by atoms with van der Waals surface area (Å²) in [5.41, 5.74) is 1.81. The van der Waals surface area contributed by atoms with E-state index in [0.717, 1.165) is 17.7 Å². The molecule has 100 valence electrons. The number of phenols is 1. The first-order valence-electron chi connectivity index (χ1n) is 5.85. The highest BCUT2D eigenvalue weighted by atomic mass is 16.5. The van der Waals surface area contributed by atoms with Crippen molar-refractivity contribution >= 4 is 6.08 Å². The van der Waals surface area contributed by atoms with Crippen molar-refractivity contribution in [3.63, 3.8) is 0 Å². The number of ether oxygens (including phenoxy) is 2. The standard InChI is InChI=1S/C14H16N2O3/c1-18-12-7-6-10(14(19-2)13(12)17)4-3-5-11-8-9-15-16-11/h3-4,6-9,17H,5H2,1-2H3,(H,15,16)/b4-3+. The third-order valence-electron chi connectivity index (χ3n) is 2.74. The number of benzene rings is 1. The minimum Gasteiger partial charge on any atom is -0.502 e. The molecule has 2 rings (SSSR count). The van der Waals surface area contributed by atoms with Gasteiger partial charge in [-0.15, -0.1) is 0 Å². The molecule has 0 bridgehead atoms. The van der Waals surface area contributed by atoms with Gasteiger partial charge in [-0.3, -0.25) is 5.10 Å². The van der Waals surface area contributed by atoms with E-state index < -0.39 is 0 Å². The van der Waals surface area contributed by atoms with Gasteiger partial charge in [0.1, 0.15) is 0 Å². The zero-order valence-corrected chi connectivity index (χ0v) is 10.9. The van der Waals surface area contributed by atoms with Crippen LogP contribution in [0.1, 0.15) is 11.3 Å². The summed E-state index contributed by atoms with van der Waals surface area (Å²) in [4.78, 5) is 0. The van der Waals surface area contributed by atoms with Gasteiger partial charge in [0.15, 0.2) is 11.5 Å². The second-order valence-electron chi connectivity index (χ2n) is 3.93. The summed E-state index contributed by atoms with van der Waals surface area (Å²) in [6.45, 7) is 0. The summed E-state index contributed by atoms with van der Waals surface area (Å²) in [7, 11) is 3.02. The van der Waals surface area contributed by atoms with Crippen molar-refractivity contribution < 1.29 is 14.6 Å². The summed E-state index contributed by atoms with van der Waals surface area (Å²) in [6.07, 6.45) is 6.30. The quantitative estimate of drug-likeness (QED) is 0.866. The first kappa shape index (κ1) is 13.0. The van der Waals surface area contributed by atoms with Crippen LogP contribution in [-0.2, 0) is 6.42 Å². The van der Waals surface area contributed by atoms with Crippen LogP contribution in [0.4, 0.5) is 0 Å². The van der Waals surface area contributed by atoms with Crippen molar-refractivity contribution in [1.29, 1.82) is 0 Å². The van der Waals surface area contributed by atoms with Gasteiger partial charge in [0.2, 0.25) is 5.75 Å². The van der Waals surface area contributed by atoms with E-state index in [-0.39, 0.29) is 5.75 Å². The molecule has 19 heavy (non-hydrogen) atoms. The number of phenolic OH excluding ortho intramolecular Hbond substituents is 1. The van der Waals surface area contributed by atoms with E-state index >= 15 is 0 Å². The number of methoxy groups -OCH3 is 2. The number of rotatable bonds is 5. The van der Waals surface area contributed by atoms with E-state index in [4.69, 9.17) is 9.47 Å². The molecule has 0 radical (unpaired) electrons. The molecule has 2 N–H and O–H groups in total. The van der Waals surface area contributed by atoms with Crippen LogP contribution in [0.5, 0.6) is 17.2 Å². The van der Waals surface area contributed by atoms with Gasteiger partial charge in [-0.25, -0.2) is 0 Å². The molecule has 0 aliphatic heterocycles. The molecule has 0 unspecified atom stereocenters. The number of nitrogens with zero attached hydrogens (tertiary/aromatic N) is 1. The Labute approximate surface area is 111 Å². The Morgan fingerprint density at radius 2 is 2.11 bits per heavy atom. The summed E-state index contributed by atoms with van der Waals surface area (Å²) < 4.78 is 10.2. The van der Waals surface area contributed by atoms with Crippen LogP contribution in [0.2, 0.25) is 0 Å². The van der Waals surface area contributed by atoms with Crippen molar-refractivity contribution in [3.05, 3.63) is 41.7 Å². The van der Waals surface area contributed by atoms with Gasteiger partial charge in [0.25, 0.3) is 0 Å². The molecular formula is C14H16N2O3. The van der Waals surface area contributed by atoms with Gasteiger partial charge in [0, 0.05) is 23.9 Å². The molecule has 5 nitrogen and oxygen atoms in total. The SMILES string of the molecule is COc1ccc(/C=C/Cc2ccn[nH]2)c(OC)c1O. The van der Waals surface area contributed by atoms with Crippen LogP contribution in [0.15, 0.2) is 30.5 Å². The molecule has 0 fully saturated rings. The lowest BCUT2D eigenvalue weighted by Crippen LogP contribution is -1.91. The maximum atomic E-state index is 9.95. The first-order chi connectivity index (χ1) is 9.26. The second-order valence-corrected chi connectivity index (χ2v) is 3.93. The normalized spacial score (nSPS) is 10.8. The number of hydrogen-bond donors (Lipinski definition) is 2. The van der Waals surface area contributed by atoms with Crippen LogP contribution >= 0.6 is 0 Å². The largest absolute Gasteiger partial charge is 0.502 e. The van der Waals surface area contributed by atoms with Crippen LogP contribution in [0.25, 0.3) is 6.08 Å². The van der Waals surface area contributed by atoms with E-state index in [0.29, 0.717) is 11.5 Å². The molecular weight excluding hydrogens is 244 g/mol. The monoisotopic (exact) mass is 260 g/mol. The second kappa shape index (κ2) is 5.95. The smallest absolute Gasteiger partial charge is 0.201 e. The highest BCUT2D eigenvalue weighted by molar-refractivity contribution is 5.66. The Bertz CT molecular complexity index is 562. The van der Waals surface area contributed by atoms with E-state index in [1.54, 1.807) is 12.3 Å². The van der Waals surface area contributed by atoms with Crippen LogP contribution < -0.4 is 9.47 Å². The van der Waals surface area contributed by atoms with Gasteiger partial charge in [-0.1, -0.05) is 12.2 Å². The molecule has 5 heteroatoms. The molecule has 0 saturated heterocycles. The molecule has 1 heterocycles. The minimum atomic E-state index is 0.00805. The lowest BCUT2D eigenvalue weighted by Gasteiger charge is -2.10. The zero-order valence-electron chi connectivity index (χ0n) is 10.9. The minimum absolute atomic E-state index is 0.00805. The summed E-state index contributed by atoms with van der Waals surface area (Å²) in [5.74, 6) is 0.802. The molecule has 0 spiro atoms. The van der Waals surface area contributed by atoms with E-state index in [1.807, 2.05) is 24.3 Å². The average molecular weight is 260 g/mol. The Balaban J connectivity index is 2.20. The Morgan fingerprint density at radius 3 is 2.74 bits per heavy atom. The summed E-state index contributed by atoms with van der Waals surface area (Å²) in [6, 6.07) is 5.45. The summed E-state index contributed by atoms with van der Waals surface area (Å²) in [5, 5.41) is 16.7. The van der Waals surface area contributed by atoms with Gasteiger partial charge < -0.3 is 14.6 Å². The van der Waals surface area contributed by atoms with Crippen LogP contribution in [-0.4, -0.2) is 29.5 Å². The van der Waals surface area contributed by atoms with Gasteiger partial charge in [0.05, 0.1) is 14.2 Å². The molecule has 0 aliphatic carbocycles. The third-order valence-corrected chi connectivity index (χ3v) is 2.74. The van der Waals surface area contributed by atoms with Gasteiger partial charge >= 0.3 is 0 Å². The lowest BCUT2D eigenvalue weighted by molar-refractivity contribution is 0.339. The Kier molecular flexibility index (Phi) is 4.07. The van der Waals surface area contributed by atoms with Crippen molar-refractivity contribution in [2.75, 3.05) is 14.2 Å². The lowest BCUT2D eigenvalue weighted by atomic mass is 10.1. The molecule has 1 aromatic heterocycles. The molecule has 0 aliphatic rings. The number of nitrogens with one attached hydrogen (secondary N) is 1. The number of aromatic hydroxyl groups is 1. The maximum Gasteiger partial charge on any atom is 0.201 e. The molecule has 1 aromatic carbocycles. The predicted molar refractivity (Wildman–Crippen MR) is 72.5 cm³/mol. The third kappa shape index (κ3) is 2.88. The average Bonchev–Trinajstić information content (AvgIpc) is 2.92. The highest BCUT2D eigenvalue weighted by Crippen LogP contribution is 2.39. The topological polar surface area (TPSA) is 67.4 Å². The van der Waals surface area contributed by atoms with Gasteiger partial charge in [-0.2, -0.15) is 5.10 Å². The molecule has 0 atom stereocenters. The van der Waals surface area contributed by atoms with Crippen LogP contribution in [0.3, 0.4) is 0 Å². The fraction of sp³-hybridized carbons (Fsp3) is 0.214. The summed E-state index contributed by atoms with van der Waals surface area (Å²) >= 11 is 0. The van der Waals surface area contributed by atoms with Crippen molar-refractivity contribution in [2.45, 2.75) is 6.42 Å². The number of allylic oxidation sites excluding steroid dienone is 1. The number of aromatic nitrogens is 2. The van der Waals surface area contributed by atoms with Gasteiger partial charge in [-0.05, 0) is 18.2 Å². The molecule has 2 aromatic rings. The number of aromatic amines is 1. The van der Waals surface area contributed by atoms with Crippen LogP contribution in [0, 0.1) is 0 Å². The van der Waals surface area contributed by atoms with E-state index in [2.05, 4.69) is 10.2 Å². The van der Waals surface area contributed by atoms with E-state index in [9.17, 15) is 5.11 Å². The Hall–Kier alpha value is -2.43.